The van der Waals surface area contributed by atoms with Crippen molar-refractivity contribution in [2.45, 2.75) is 6.42 Å². The molecule has 0 radical (unpaired) electrons. The van der Waals surface area contributed by atoms with Crippen LogP contribution in [0.1, 0.15) is 15.9 Å². The summed E-state index contributed by atoms with van der Waals surface area (Å²) in [6.07, 6.45) is 1.74. The van der Waals surface area contributed by atoms with Gasteiger partial charge in [0.2, 0.25) is 10.0 Å². The van der Waals surface area contributed by atoms with E-state index in [9.17, 15) is 13.2 Å². The van der Waals surface area contributed by atoms with E-state index in [-0.39, 0.29) is 5.91 Å². The van der Waals surface area contributed by atoms with Crippen molar-refractivity contribution >= 4 is 50.5 Å². The predicted molar refractivity (Wildman–Crippen MR) is 96.8 cm³/mol. The standard InChI is InChI=1S/C16H14Cl2N2O3S/c1-24(22,23)20-7-6-10-8-11(2-5-15(10)20)16(21)19-14-9-12(17)3-4-13(14)18/h2-5,8-9H,6-7H2,1H3,(H,19,21). The maximum Gasteiger partial charge on any atom is 0.255 e. The van der Waals surface area contributed by atoms with E-state index in [1.807, 2.05) is 0 Å². The average molecular weight is 385 g/mol. The van der Waals surface area contributed by atoms with Crippen LogP contribution in [0.3, 0.4) is 0 Å². The molecular weight excluding hydrogens is 371 g/mol. The van der Waals surface area contributed by atoms with Gasteiger partial charge in [-0.3, -0.25) is 9.10 Å². The van der Waals surface area contributed by atoms with Gasteiger partial charge in [0.25, 0.3) is 5.91 Å². The summed E-state index contributed by atoms with van der Waals surface area (Å²) in [5.74, 6) is -0.334. The van der Waals surface area contributed by atoms with Gasteiger partial charge in [0.1, 0.15) is 0 Å². The van der Waals surface area contributed by atoms with Crippen LogP contribution in [0.2, 0.25) is 10.0 Å². The molecule has 0 unspecified atom stereocenters. The molecule has 0 atom stereocenters. The molecule has 3 rings (SSSR count). The summed E-state index contributed by atoms with van der Waals surface area (Å²) in [5.41, 5.74) is 2.30. The number of benzene rings is 2. The monoisotopic (exact) mass is 384 g/mol. The number of carbonyl (C=O) groups excluding carboxylic acids is 1. The van der Waals surface area contributed by atoms with E-state index in [0.29, 0.717) is 39.9 Å². The highest BCUT2D eigenvalue weighted by molar-refractivity contribution is 7.92. The smallest absolute Gasteiger partial charge is 0.255 e. The highest BCUT2D eigenvalue weighted by Crippen LogP contribution is 2.31. The van der Waals surface area contributed by atoms with Crippen LogP contribution in [-0.4, -0.2) is 27.1 Å². The molecule has 5 nitrogen and oxygen atoms in total. The third kappa shape index (κ3) is 3.36. The van der Waals surface area contributed by atoms with Crippen molar-refractivity contribution in [3.63, 3.8) is 0 Å². The van der Waals surface area contributed by atoms with Gasteiger partial charge in [-0.15, -0.1) is 0 Å². The molecule has 0 saturated carbocycles. The second kappa shape index (κ2) is 6.27. The van der Waals surface area contributed by atoms with Crippen molar-refractivity contribution in [1.82, 2.24) is 0 Å². The lowest BCUT2D eigenvalue weighted by Gasteiger charge is -2.16. The second-order valence-electron chi connectivity index (χ2n) is 5.51. The first-order valence-electron chi connectivity index (χ1n) is 7.13. The van der Waals surface area contributed by atoms with Crippen LogP contribution >= 0.6 is 23.2 Å². The van der Waals surface area contributed by atoms with Gasteiger partial charge in [-0.2, -0.15) is 0 Å². The first kappa shape index (κ1) is 17.1. The quantitative estimate of drug-likeness (QED) is 0.879. The minimum absolute atomic E-state index is 0.334. The highest BCUT2D eigenvalue weighted by atomic mass is 35.5. The number of amides is 1. The van der Waals surface area contributed by atoms with E-state index in [1.165, 1.54) is 10.6 Å². The van der Waals surface area contributed by atoms with Crippen LogP contribution < -0.4 is 9.62 Å². The first-order chi connectivity index (χ1) is 11.3. The fourth-order valence-corrected chi connectivity index (χ4v) is 3.94. The van der Waals surface area contributed by atoms with Crippen LogP contribution in [-0.2, 0) is 16.4 Å². The number of nitrogens with one attached hydrogen (secondary N) is 1. The molecule has 0 aromatic heterocycles. The summed E-state index contributed by atoms with van der Waals surface area (Å²) >= 11 is 12.0. The Balaban J connectivity index is 1.86. The van der Waals surface area contributed by atoms with Crippen molar-refractivity contribution in [2.24, 2.45) is 0 Å². The van der Waals surface area contributed by atoms with E-state index < -0.39 is 10.0 Å². The van der Waals surface area contributed by atoms with Gasteiger partial charge in [0.05, 0.1) is 22.7 Å². The van der Waals surface area contributed by atoms with Gasteiger partial charge < -0.3 is 5.32 Å². The number of anilines is 2. The van der Waals surface area contributed by atoms with Gasteiger partial charge in [-0.1, -0.05) is 23.2 Å². The van der Waals surface area contributed by atoms with Crippen molar-refractivity contribution in [2.75, 3.05) is 22.4 Å². The Hall–Kier alpha value is -1.76. The van der Waals surface area contributed by atoms with Crippen LogP contribution in [0, 0.1) is 0 Å². The molecule has 0 spiro atoms. The molecule has 24 heavy (non-hydrogen) atoms. The van der Waals surface area contributed by atoms with E-state index in [2.05, 4.69) is 5.32 Å². The lowest BCUT2D eigenvalue weighted by Crippen LogP contribution is -2.27. The van der Waals surface area contributed by atoms with Crippen LogP contribution in [0.5, 0.6) is 0 Å². The predicted octanol–water partition coefficient (Wildman–Crippen LogP) is 3.57. The SMILES string of the molecule is CS(=O)(=O)N1CCc2cc(C(=O)Nc3cc(Cl)ccc3Cl)ccc21. The minimum Gasteiger partial charge on any atom is -0.321 e. The number of fused-ring (bicyclic) bond motifs is 1. The Morgan fingerprint density at radius 2 is 1.92 bits per heavy atom. The Kier molecular flexibility index (Phi) is 4.46. The summed E-state index contributed by atoms with van der Waals surface area (Å²) in [6.45, 7) is 0.388. The molecule has 1 heterocycles. The molecule has 1 amide bonds. The summed E-state index contributed by atoms with van der Waals surface area (Å²) < 4.78 is 24.8. The summed E-state index contributed by atoms with van der Waals surface area (Å²) in [4.78, 5) is 12.4. The Labute approximate surface area is 150 Å². The van der Waals surface area contributed by atoms with Crippen molar-refractivity contribution < 1.29 is 13.2 Å². The molecule has 2 aromatic rings. The molecule has 8 heteroatoms. The van der Waals surface area contributed by atoms with Gasteiger partial charge in [-0.25, -0.2) is 8.42 Å². The molecular formula is C16H14Cl2N2O3S. The van der Waals surface area contributed by atoms with Crippen molar-refractivity contribution in [1.29, 1.82) is 0 Å². The van der Waals surface area contributed by atoms with Gasteiger partial charge in [0, 0.05) is 17.1 Å². The molecule has 0 bridgehead atoms. The fourth-order valence-electron chi connectivity index (χ4n) is 2.64. The molecule has 0 saturated heterocycles. The second-order valence-corrected chi connectivity index (χ2v) is 8.26. The van der Waals surface area contributed by atoms with Gasteiger partial charge in [-0.05, 0) is 48.4 Å². The first-order valence-corrected chi connectivity index (χ1v) is 9.73. The Morgan fingerprint density at radius 3 is 2.62 bits per heavy atom. The van der Waals surface area contributed by atoms with Gasteiger partial charge in [0.15, 0.2) is 0 Å². The largest absolute Gasteiger partial charge is 0.321 e. The maximum absolute atomic E-state index is 12.4. The number of rotatable bonds is 3. The Bertz CT molecular complexity index is 929. The molecule has 1 aliphatic rings. The lowest BCUT2D eigenvalue weighted by molar-refractivity contribution is 0.102. The van der Waals surface area contributed by atoms with E-state index in [0.717, 1.165) is 5.56 Å². The maximum atomic E-state index is 12.4. The van der Waals surface area contributed by atoms with E-state index >= 15 is 0 Å². The molecule has 2 aromatic carbocycles. The minimum atomic E-state index is -3.31. The highest BCUT2D eigenvalue weighted by Gasteiger charge is 2.26. The topological polar surface area (TPSA) is 66.5 Å². The molecule has 0 aliphatic carbocycles. The number of halogens is 2. The lowest BCUT2D eigenvalue weighted by atomic mass is 10.1. The average Bonchev–Trinajstić information content (AvgIpc) is 2.94. The number of sulfonamides is 1. The third-order valence-electron chi connectivity index (χ3n) is 3.77. The Morgan fingerprint density at radius 1 is 1.17 bits per heavy atom. The fraction of sp³-hybridized carbons (Fsp3) is 0.188. The summed E-state index contributed by atoms with van der Waals surface area (Å²) in [5, 5.41) is 3.56. The summed E-state index contributed by atoms with van der Waals surface area (Å²) in [7, 11) is -3.31. The zero-order chi connectivity index (χ0) is 17.5. The molecule has 1 N–H and O–H groups in total. The molecule has 126 valence electrons. The molecule has 1 aliphatic heterocycles. The number of hydrogen-bond donors (Lipinski definition) is 1. The van der Waals surface area contributed by atoms with Crippen LogP contribution in [0.25, 0.3) is 0 Å². The van der Waals surface area contributed by atoms with E-state index in [1.54, 1.807) is 36.4 Å². The number of carbonyl (C=O) groups is 1. The third-order valence-corrected chi connectivity index (χ3v) is 5.52. The number of nitrogens with zero attached hydrogens (tertiary/aromatic N) is 1. The van der Waals surface area contributed by atoms with Crippen molar-refractivity contribution in [3.05, 3.63) is 57.6 Å². The zero-order valence-electron chi connectivity index (χ0n) is 12.7. The van der Waals surface area contributed by atoms with Gasteiger partial charge >= 0.3 is 0 Å². The summed E-state index contributed by atoms with van der Waals surface area (Å²) in [6, 6.07) is 9.75. The van der Waals surface area contributed by atoms with Crippen LogP contribution in [0.4, 0.5) is 11.4 Å². The number of hydrogen-bond acceptors (Lipinski definition) is 3. The van der Waals surface area contributed by atoms with E-state index in [4.69, 9.17) is 23.2 Å². The van der Waals surface area contributed by atoms with Crippen molar-refractivity contribution in [3.8, 4) is 0 Å². The van der Waals surface area contributed by atoms with Crippen LogP contribution in [0.15, 0.2) is 36.4 Å². The molecule has 0 fully saturated rings. The zero-order valence-corrected chi connectivity index (χ0v) is 15.0. The normalized spacial score (nSPS) is 13.7.